The second-order valence-corrected chi connectivity index (χ2v) is 3.64. The third kappa shape index (κ3) is 3.30. The topological polar surface area (TPSA) is 12.5 Å². The minimum atomic E-state index is -0.319. The van der Waals surface area contributed by atoms with Crippen LogP contribution in [0.1, 0.15) is 6.92 Å². The fourth-order valence-corrected chi connectivity index (χ4v) is 1.58. The number of hydrogen-bond donors (Lipinski definition) is 1. The zero-order chi connectivity index (χ0) is 11.3. The first-order valence-electron chi connectivity index (χ1n) is 4.93. The van der Waals surface area contributed by atoms with Gasteiger partial charge in [-0.05, 0) is 19.1 Å². The summed E-state index contributed by atoms with van der Waals surface area (Å²) in [6.45, 7) is 3.10. The monoisotopic (exact) mass is 229 g/mol. The van der Waals surface area contributed by atoms with Crippen molar-refractivity contribution in [2.45, 2.75) is 6.92 Å². The van der Waals surface area contributed by atoms with E-state index in [-0.39, 0.29) is 5.82 Å². The summed E-state index contributed by atoms with van der Waals surface area (Å²) in [5.41, 5.74) is 0.838. The number of halogens is 1. The highest BCUT2D eigenvalue weighted by Gasteiger charge is 2.06. The third-order valence-electron chi connectivity index (χ3n) is 2.09. The molecule has 15 heavy (non-hydrogen) atoms. The molecule has 0 aliphatic rings. The average molecular weight is 229 g/mol. The average Bonchev–Trinajstić information content (AvgIpc) is 2.21. The summed E-state index contributed by atoms with van der Waals surface area (Å²) in [5.74, 6) is 0.728. The molecule has 1 aromatic rings. The molecule has 0 aliphatic carbocycles. The Balaban J connectivity index is 2.81. The minimum absolute atomic E-state index is 0.306. The van der Waals surface area contributed by atoms with Gasteiger partial charge in [0.2, 0.25) is 0 Å². The Morgan fingerprint density at radius 2 is 2.20 bits per heavy atom. The molecule has 0 amide bonds. The van der Waals surface area contributed by atoms with E-state index in [1.807, 2.05) is 24.9 Å². The number of ether oxygens (including phenoxy) is 1. The molecule has 0 heterocycles. The van der Waals surface area contributed by atoms with Crippen molar-refractivity contribution in [3.63, 3.8) is 0 Å². The molecule has 0 fully saturated rings. The molecule has 0 aromatic heterocycles. The molecule has 0 spiro atoms. The molecule has 1 aromatic carbocycles. The maximum atomic E-state index is 13.5. The summed E-state index contributed by atoms with van der Waals surface area (Å²) in [4.78, 5) is 1.95. The van der Waals surface area contributed by atoms with Crippen LogP contribution in [-0.2, 0) is 0 Å². The zero-order valence-corrected chi connectivity index (χ0v) is 9.93. The lowest BCUT2D eigenvalue weighted by atomic mass is 10.2. The van der Waals surface area contributed by atoms with Gasteiger partial charge in [-0.2, -0.15) is 12.6 Å². The maximum Gasteiger partial charge on any atom is 0.167 e. The number of rotatable bonds is 5. The summed E-state index contributed by atoms with van der Waals surface area (Å²) in [6, 6.07) is 4.98. The van der Waals surface area contributed by atoms with E-state index in [1.54, 1.807) is 6.07 Å². The minimum Gasteiger partial charge on any atom is -0.491 e. The number of thiol groups is 1. The molecule has 0 aliphatic heterocycles. The van der Waals surface area contributed by atoms with Gasteiger partial charge in [-0.1, -0.05) is 0 Å². The van der Waals surface area contributed by atoms with Crippen molar-refractivity contribution in [3.8, 4) is 5.75 Å². The van der Waals surface area contributed by atoms with Crippen molar-refractivity contribution in [2.24, 2.45) is 0 Å². The zero-order valence-electron chi connectivity index (χ0n) is 9.03. The van der Waals surface area contributed by atoms with E-state index < -0.39 is 0 Å². The van der Waals surface area contributed by atoms with Crippen LogP contribution in [0, 0.1) is 5.82 Å². The molecule has 0 saturated heterocycles. The standard InChI is InChI=1S/C11H16FNOS/c1-3-14-11-5-4-9(8-10(11)12)13(2)6-7-15/h4-5,8,15H,3,6-7H2,1-2H3. The quantitative estimate of drug-likeness (QED) is 0.779. The smallest absolute Gasteiger partial charge is 0.167 e. The molecular formula is C11H16FNOS. The molecule has 0 radical (unpaired) electrons. The van der Waals surface area contributed by atoms with Crippen LogP contribution in [0.5, 0.6) is 5.75 Å². The van der Waals surface area contributed by atoms with E-state index in [2.05, 4.69) is 12.6 Å². The predicted octanol–water partition coefficient (Wildman–Crippen LogP) is 2.59. The normalized spacial score (nSPS) is 10.1. The van der Waals surface area contributed by atoms with Crippen LogP contribution >= 0.6 is 12.6 Å². The van der Waals surface area contributed by atoms with Gasteiger partial charge >= 0.3 is 0 Å². The number of hydrogen-bond acceptors (Lipinski definition) is 3. The highest BCUT2D eigenvalue weighted by molar-refractivity contribution is 7.80. The first kappa shape index (κ1) is 12.2. The molecule has 4 heteroatoms. The number of benzene rings is 1. The van der Waals surface area contributed by atoms with Gasteiger partial charge in [-0.3, -0.25) is 0 Å². The molecule has 0 unspecified atom stereocenters. The lowest BCUT2D eigenvalue weighted by molar-refractivity contribution is 0.321. The predicted molar refractivity (Wildman–Crippen MR) is 64.7 cm³/mol. The van der Waals surface area contributed by atoms with E-state index in [9.17, 15) is 4.39 Å². The van der Waals surface area contributed by atoms with Crippen LogP contribution in [0.3, 0.4) is 0 Å². The van der Waals surface area contributed by atoms with Crippen LogP contribution in [0.2, 0.25) is 0 Å². The van der Waals surface area contributed by atoms with E-state index in [1.165, 1.54) is 6.07 Å². The maximum absolute atomic E-state index is 13.5. The van der Waals surface area contributed by atoms with Crippen LogP contribution in [0.15, 0.2) is 18.2 Å². The highest BCUT2D eigenvalue weighted by atomic mass is 32.1. The number of anilines is 1. The van der Waals surface area contributed by atoms with Gasteiger partial charge < -0.3 is 9.64 Å². The van der Waals surface area contributed by atoms with Crippen LogP contribution < -0.4 is 9.64 Å². The van der Waals surface area contributed by atoms with Crippen molar-refractivity contribution in [1.29, 1.82) is 0 Å². The molecule has 2 nitrogen and oxygen atoms in total. The fourth-order valence-electron chi connectivity index (χ4n) is 1.28. The van der Waals surface area contributed by atoms with Crippen molar-refractivity contribution < 1.29 is 9.13 Å². The van der Waals surface area contributed by atoms with E-state index in [0.29, 0.717) is 12.4 Å². The van der Waals surface area contributed by atoms with E-state index in [0.717, 1.165) is 18.0 Å². The molecule has 0 atom stereocenters. The SMILES string of the molecule is CCOc1ccc(N(C)CCS)cc1F. The van der Waals surface area contributed by atoms with Gasteiger partial charge in [0.05, 0.1) is 6.61 Å². The Morgan fingerprint density at radius 3 is 2.73 bits per heavy atom. The summed E-state index contributed by atoms with van der Waals surface area (Å²) >= 11 is 4.13. The molecule has 1 rings (SSSR count). The fraction of sp³-hybridized carbons (Fsp3) is 0.455. The first-order valence-corrected chi connectivity index (χ1v) is 5.56. The van der Waals surface area contributed by atoms with Gasteiger partial charge in [0.15, 0.2) is 11.6 Å². The molecule has 0 bridgehead atoms. The second kappa shape index (κ2) is 5.85. The third-order valence-corrected chi connectivity index (χ3v) is 2.29. The van der Waals surface area contributed by atoms with E-state index >= 15 is 0 Å². The first-order chi connectivity index (χ1) is 7.19. The van der Waals surface area contributed by atoms with Crippen LogP contribution in [0.25, 0.3) is 0 Å². The summed E-state index contributed by atoms with van der Waals surface area (Å²) in [6.07, 6.45) is 0. The molecule has 0 N–H and O–H groups in total. The Labute approximate surface area is 95.5 Å². The molecule has 84 valence electrons. The van der Waals surface area contributed by atoms with Crippen molar-refractivity contribution in [1.82, 2.24) is 0 Å². The van der Waals surface area contributed by atoms with Crippen LogP contribution in [-0.4, -0.2) is 26.0 Å². The summed E-state index contributed by atoms with van der Waals surface area (Å²) in [7, 11) is 1.91. The van der Waals surface area contributed by atoms with Crippen molar-refractivity contribution >= 4 is 18.3 Å². The molecular weight excluding hydrogens is 213 g/mol. The van der Waals surface area contributed by atoms with Crippen LogP contribution in [0.4, 0.5) is 10.1 Å². The largest absolute Gasteiger partial charge is 0.491 e. The lowest BCUT2D eigenvalue weighted by Gasteiger charge is -2.18. The molecule has 0 saturated carbocycles. The Morgan fingerprint density at radius 1 is 1.47 bits per heavy atom. The highest BCUT2D eigenvalue weighted by Crippen LogP contribution is 2.22. The van der Waals surface area contributed by atoms with Gasteiger partial charge in [0.1, 0.15) is 0 Å². The number of nitrogens with zero attached hydrogens (tertiary/aromatic N) is 1. The van der Waals surface area contributed by atoms with Gasteiger partial charge in [0, 0.05) is 31.1 Å². The van der Waals surface area contributed by atoms with Gasteiger partial charge in [-0.25, -0.2) is 4.39 Å². The van der Waals surface area contributed by atoms with Gasteiger partial charge in [-0.15, -0.1) is 0 Å². The van der Waals surface area contributed by atoms with Crippen molar-refractivity contribution in [2.75, 3.05) is 30.9 Å². The van der Waals surface area contributed by atoms with E-state index in [4.69, 9.17) is 4.74 Å². The lowest BCUT2D eigenvalue weighted by Crippen LogP contribution is -2.19. The summed E-state index contributed by atoms with van der Waals surface area (Å²) in [5, 5.41) is 0. The Kier molecular flexibility index (Phi) is 4.75. The van der Waals surface area contributed by atoms with Gasteiger partial charge in [0.25, 0.3) is 0 Å². The Hall–Kier alpha value is -0.900. The van der Waals surface area contributed by atoms with Crippen molar-refractivity contribution in [3.05, 3.63) is 24.0 Å². The summed E-state index contributed by atoms with van der Waals surface area (Å²) < 4.78 is 18.6. The Bertz CT molecular complexity index is 319. The second-order valence-electron chi connectivity index (χ2n) is 3.19.